The lowest BCUT2D eigenvalue weighted by atomic mass is 9.95. The number of imidazole rings is 1. The molecule has 1 amide bonds. The van der Waals surface area contributed by atoms with E-state index in [1.165, 1.54) is 17.0 Å². The van der Waals surface area contributed by atoms with Crippen LogP contribution in [0.4, 0.5) is 0 Å². The smallest absolute Gasteiger partial charge is 0.295 e. The van der Waals surface area contributed by atoms with Gasteiger partial charge in [0.25, 0.3) is 11.7 Å². The van der Waals surface area contributed by atoms with Crippen molar-refractivity contribution >= 4 is 17.4 Å². The Kier molecular flexibility index (Phi) is 5.67. The van der Waals surface area contributed by atoms with Crippen molar-refractivity contribution in [3.8, 4) is 17.2 Å². The summed E-state index contributed by atoms with van der Waals surface area (Å²) in [4.78, 5) is 31.7. The summed E-state index contributed by atoms with van der Waals surface area (Å²) in [5.74, 6) is -0.641. The number of Topliss-reactive ketones (excluding diaryl/α,β-unsaturated/α-hetero) is 1. The van der Waals surface area contributed by atoms with E-state index in [9.17, 15) is 19.8 Å². The second kappa shape index (κ2) is 8.93. The molecule has 1 atom stereocenters. The van der Waals surface area contributed by atoms with Crippen LogP contribution in [0.5, 0.6) is 17.2 Å². The molecule has 3 aromatic rings. The fourth-order valence-electron chi connectivity index (χ4n) is 4.30. The van der Waals surface area contributed by atoms with E-state index in [2.05, 4.69) is 4.98 Å². The Morgan fingerprint density at radius 3 is 2.53 bits per heavy atom. The number of amides is 1. The maximum absolute atomic E-state index is 13.1. The van der Waals surface area contributed by atoms with Crippen LogP contribution in [0.2, 0.25) is 0 Å². The second-order valence-electron chi connectivity index (χ2n) is 8.10. The molecule has 9 heteroatoms. The highest BCUT2D eigenvalue weighted by Crippen LogP contribution is 2.41. The van der Waals surface area contributed by atoms with Crippen LogP contribution in [0.1, 0.15) is 23.6 Å². The summed E-state index contributed by atoms with van der Waals surface area (Å²) in [6.45, 7) is 1.73. The number of ether oxygens (including phenoxy) is 2. The van der Waals surface area contributed by atoms with E-state index in [0.717, 1.165) is 0 Å². The molecule has 34 heavy (non-hydrogen) atoms. The van der Waals surface area contributed by atoms with E-state index in [4.69, 9.17) is 9.47 Å². The summed E-state index contributed by atoms with van der Waals surface area (Å²) >= 11 is 0. The van der Waals surface area contributed by atoms with Gasteiger partial charge in [0.1, 0.15) is 24.7 Å². The normalized spacial score (nSPS) is 18.9. The molecule has 3 heterocycles. The lowest BCUT2D eigenvalue weighted by molar-refractivity contribution is -0.139. The largest absolute Gasteiger partial charge is 0.508 e. The quantitative estimate of drug-likeness (QED) is 0.330. The molecule has 2 N–H and O–H groups in total. The van der Waals surface area contributed by atoms with E-state index in [1.807, 2.05) is 10.8 Å². The summed E-state index contributed by atoms with van der Waals surface area (Å²) in [5, 5.41) is 21.0. The van der Waals surface area contributed by atoms with Gasteiger partial charge in [-0.1, -0.05) is 12.1 Å². The van der Waals surface area contributed by atoms with Gasteiger partial charge < -0.3 is 29.2 Å². The number of carbonyl (C=O) groups is 2. The predicted octanol–water partition coefficient (Wildman–Crippen LogP) is 2.87. The van der Waals surface area contributed by atoms with Crippen LogP contribution in [0.3, 0.4) is 0 Å². The summed E-state index contributed by atoms with van der Waals surface area (Å²) in [6, 6.07) is 10.4. The standard InChI is InChI=1S/C25H23N3O6/c29-18-5-2-16(3-6-18)22-21(23(30)17-4-7-19-20(14-17)34-13-12-33-19)24(31)25(32)28(22)10-1-9-27-11-8-26-15-27/h2-8,11,14-15,22,29-30H,1,9-10,12-13H2/t22-/m1/s1. The number of aromatic hydroxyl groups is 1. The van der Waals surface area contributed by atoms with Gasteiger partial charge in [0.05, 0.1) is 17.9 Å². The Balaban J connectivity index is 1.53. The number of nitrogens with zero attached hydrogens (tertiary/aromatic N) is 3. The van der Waals surface area contributed by atoms with Crippen molar-refractivity contribution in [2.45, 2.75) is 19.0 Å². The number of aryl methyl sites for hydroxylation is 1. The number of hydrogen-bond acceptors (Lipinski definition) is 7. The molecule has 0 bridgehead atoms. The third-order valence-electron chi connectivity index (χ3n) is 5.94. The molecule has 9 nitrogen and oxygen atoms in total. The Hall–Kier alpha value is -4.27. The van der Waals surface area contributed by atoms with Gasteiger partial charge in [-0.25, -0.2) is 4.98 Å². The lowest BCUT2D eigenvalue weighted by Crippen LogP contribution is -2.31. The van der Waals surface area contributed by atoms with Crippen molar-refractivity contribution in [2.75, 3.05) is 19.8 Å². The first-order valence-corrected chi connectivity index (χ1v) is 11.0. The van der Waals surface area contributed by atoms with Crippen LogP contribution in [0.15, 0.2) is 66.8 Å². The van der Waals surface area contributed by atoms with E-state index >= 15 is 0 Å². The minimum Gasteiger partial charge on any atom is -0.508 e. The van der Waals surface area contributed by atoms with Crippen LogP contribution >= 0.6 is 0 Å². The van der Waals surface area contributed by atoms with Crippen molar-refractivity contribution in [1.29, 1.82) is 0 Å². The first-order chi connectivity index (χ1) is 16.5. The average molecular weight is 461 g/mol. The van der Waals surface area contributed by atoms with Gasteiger partial charge in [0, 0.05) is 31.0 Å². The first kappa shape index (κ1) is 21.6. The van der Waals surface area contributed by atoms with Gasteiger partial charge in [-0.05, 0) is 42.3 Å². The van der Waals surface area contributed by atoms with Crippen LogP contribution in [0, 0.1) is 0 Å². The van der Waals surface area contributed by atoms with Gasteiger partial charge in [0.2, 0.25) is 0 Å². The zero-order valence-electron chi connectivity index (χ0n) is 18.3. The molecule has 0 aliphatic carbocycles. The molecular formula is C25H23N3O6. The topological polar surface area (TPSA) is 114 Å². The van der Waals surface area contributed by atoms with Crippen molar-refractivity contribution < 1.29 is 29.3 Å². The summed E-state index contributed by atoms with van der Waals surface area (Å²) in [7, 11) is 0. The number of phenolic OH excluding ortho intramolecular Hbond substituents is 1. The molecule has 0 spiro atoms. The number of hydrogen-bond donors (Lipinski definition) is 2. The summed E-state index contributed by atoms with van der Waals surface area (Å²) < 4.78 is 13.0. The van der Waals surface area contributed by atoms with Crippen molar-refractivity contribution in [3.63, 3.8) is 0 Å². The average Bonchev–Trinajstić information content (AvgIpc) is 3.46. The maximum atomic E-state index is 13.1. The molecule has 5 rings (SSSR count). The molecule has 0 radical (unpaired) electrons. The van der Waals surface area contributed by atoms with Gasteiger partial charge in [0.15, 0.2) is 11.5 Å². The van der Waals surface area contributed by atoms with Crippen LogP contribution < -0.4 is 9.47 Å². The highest BCUT2D eigenvalue weighted by molar-refractivity contribution is 6.46. The molecule has 2 aliphatic heterocycles. The highest BCUT2D eigenvalue weighted by atomic mass is 16.6. The number of benzene rings is 2. The van der Waals surface area contributed by atoms with Crippen LogP contribution in [-0.4, -0.2) is 56.1 Å². The van der Waals surface area contributed by atoms with Crippen LogP contribution in [-0.2, 0) is 16.1 Å². The number of phenols is 1. The monoisotopic (exact) mass is 461 g/mol. The number of aromatic nitrogens is 2. The predicted molar refractivity (Wildman–Crippen MR) is 121 cm³/mol. The number of aliphatic hydroxyl groups excluding tert-OH is 1. The van der Waals surface area contributed by atoms with E-state index in [0.29, 0.717) is 55.4 Å². The molecule has 2 aliphatic rings. The second-order valence-corrected chi connectivity index (χ2v) is 8.10. The van der Waals surface area contributed by atoms with Gasteiger partial charge >= 0.3 is 0 Å². The van der Waals surface area contributed by atoms with Crippen molar-refractivity contribution in [1.82, 2.24) is 14.5 Å². The fourth-order valence-corrected chi connectivity index (χ4v) is 4.30. The molecule has 0 unspecified atom stereocenters. The zero-order valence-corrected chi connectivity index (χ0v) is 18.3. The molecule has 1 saturated heterocycles. The minimum absolute atomic E-state index is 0.00463. The van der Waals surface area contributed by atoms with Gasteiger partial charge in [-0.15, -0.1) is 0 Å². The zero-order chi connectivity index (χ0) is 23.7. The molecule has 174 valence electrons. The third kappa shape index (κ3) is 3.96. The number of likely N-dealkylation sites (tertiary alicyclic amines) is 1. The summed E-state index contributed by atoms with van der Waals surface area (Å²) in [5.41, 5.74) is 0.957. The highest BCUT2D eigenvalue weighted by Gasteiger charge is 2.45. The number of aliphatic hydroxyl groups is 1. The van der Waals surface area contributed by atoms with E-state index in [-0.39, 0.29) is 17.1 Å². The Morgan fingerprint density at radius 1 is 1.03 bits per heavy atom. The molecule has 1 fully saturated rings. The van der Waals surface area contributed by atoms with Crippen molar-refractivity contribution in [3.05, 3.63) is 77.9 Å². The SMILES string of the molecule is O=C1C(=O)N(CCCn2ccnc2)[C@H](c2ccc(O)cc2)C1=C(O)c1ccc2c(c1)OCCO2. The number of carbonyl (C=O) groups excluding carboxylic acids is 2. The number of ketones is 1. The Morgan fingerprint density at radius 2 is 1.79 bits per heavy atom. The Bertz CT molecular complexity index is 1250. The third-order valence-corrected chi connectivity index (χ3v) is 5.94. The minimum atomic E-state index is -0.795. The Labute approximate surface area is 195 Å². The molecule has 2 aromatic carbocycles. The number of rotatable bonds is 6. The van der Waals surface area contributed by atoms with Crippen LogP contribution in [0.25, 0.3) is 5.76 Å². The summed E-state index contributed by atoms with van der Waals surface area (Å²) in [6.07, 6.45) is 5.78. The number of fused-ring (bicyclic) bond motifs is 1. The van der Waals surface area contributed by atoms with Gasteiger partial charge in [-0.3, -0.25) is 9.59 Å². The van der Waals surface area contributed by atoms with Gasteiger partial charge in [-0.2, -0.15) is 0 Å². The molecule has 0 saturated carbocycles. The fraction of sp³-hybridized carbons (Fsp3) is 0.240. The lowest BCUT2D eigenvalue weighted by Gasteiger charge is -2.25. The molecule has 1 aromatic heterocycles. The maximum Gasteiger partial charge on any atom is 0.295 e. The van der Waals surface area contributed by atoms with E-state index in [1.54, 1.807) is 42.9 Å². The molecular weight excluding hydrogens is 438 g/mol. The van der Waals surface area contributed by atoms with Crippen molar-refractivity contribution in [2.24, 2.45) is 0 Å². The van der Waals surface area contributed by atoms with E-state index < -0.39 is 17.7 Å². The first-order valence-electron chi connectivity index (χ1n) is 11.0.